The van der Waals surface area contributed by atoms with Crippen molar-refractivity contribution < 1.29 is 4.39 Å². The Balaban J connectivity index is 2.42. The van der Waals surface area contributed by atoms with E-state index < -0.39 is 0 Å². The summed E-state index contributed by atoms with van der Waals surface area (Å²) in [6.45, 7) is 0. The van der Waals surface area contributed by atoms with Gasteiger partial charge < -0.3 is 0 Å². The van der Waals surface area contributed by atoms with Crippen LogP contribution in [0.25, 0.3) is 27.6 Å². The molecule has 0 aliphatic heterocycles. The molecular formula is C16H7ClFN3. The Morgan fingerprint density at radius 1 is 1.14 bits per heavy atom. The highest BCUT2D eigenvalue weighted by Gasteiger charge is 2.17. The fourth-order valence-corrected chi connectivity index (χ4v) is 2.93. The van der Waals surface area contributed by atoms with Crippen LogP contribution in [-0.4, -0.2) is 9.38 Å². The average Bonchev–Trinajstić information content (AvgIpc) is 2.86. The first kappa shape index (κ1) is 12.1. The van der Waals surface area contributed by atoms with Crippen molar-refractivity contribution >= 4 is 39.2 Å². The number of hydrogen-bond acceptors (Lipinski definition) is 2. The highest BCUT2D eigenvalue weighted by Crippen LogP contribution is 2.33. The molecule has 100 valence electrons. The minimum absolute atomic E-state index is 0.298. The van der Waals surface area contributed by atoms with Gasteiger partial charge in [0.2, 0.25) is 0 Å². The second-order valence-corrected chi connectivity index (χ2v) is 5.10. The summed E-state index contributed by atoms with van der Waals surface area (Å²) in [5, 5.41) is 10.3. The average molecular weight is 296 g/mol. The molecule has 0 unspecified atom stereocenters. The predicted molar refractivity (Wildman–Crippen MR) is 79.9 cm³/mol. The molecule has 0 radical (unpaired) electrons. The zero-order chi connectivity index (χ0) is 14.6. The number of aromatic nitrogens is 2. The van der Waals surface area contributed by atoms with E-state index in [9.17, 15) is 9.65 Å². The van der Waals surface area contributed by atoms with E-state index in [1.807, 2.05) is 24.3 Å². The van der Waals surface area contributed by atoms with Crippen molar-refractivity contribution in [3.8, 4) is 6.07 Å². The van der Waals surface area contributed by atoms with E-state index >= 15 is 0 Å². The summed E-state index contributed by atoms with van der Waals surface area (Å²) >= 11 is 6.30. The van der Waals surface area contributed by atoms with Gasteiger partial charge in [-0.2, -0.15) is 5.26 Å². The molecule has 4 rings (SSSR count). The zero-order valence-corrected chi connectivity index (χ0v) is 11.4. The quantitative estimate of drug-likeness (QED) is 0.485. The number of pyridine rings is 1. The third kappa shape index (κ3) is 1.55. The molecule has 0 atom stereocenters. The van der Waals surface area contributed by atoms with Crippen molar-refractivity contribution in [2.75, 3.05) is 0 Å². The minimum Gasteiger partial charge on any atom is -0.291 e. The topological polar surface area (TPSA) is 41.1 Å². The number of nitrogens with zero attached hydrogens (tertiary/aromatic N) is 3. The van der Waals surface area contributed by atoms with Gasteiger partial charge in [0.05, 0.1) is 21.6 Å². The summed E-state index contributed by atoms with van der Waals surface area (Å²) < 4.78 is 15.4. The molecule has 0 bridgehead atoms. The van der Waals surface area contributed by atoms with Crippen LogP contribution in [0.3, 0.4) is 0 Å². The standard InChI is InChI=1S/C16H7ClFN3/c17-15-10-6-5-9(18)7-14(10)21-13-4-2-1-3-12(13)20-16(21)11(15)8-19/h1-7H. The van der Waals surface area contributed by atoms with Crippen LogP contribution in [0.2, 0.25) is 5.02 Å². The van der Waals surface area contributed by atoms with Crippen molar-refractivity contribution in [1.82, 2.24) is 9.38 Å². The molecule has 2 aromatic heterocycles. The third-order valence-corrected chi connectivity index (χ3v) is 3.95. The smallest absolute Gasteiger partial charge is 0.157 e. The molecular weight excluding hydrogens is 289 g/mol. The summed E-state index contributed by atoms with van der Waals surface area (Å²) in [6.07, 6.45) is 0. The molecule has 0 aliphatic rings. The molecule has 0 saturated heterocycles. The Kier molecular flexibility index (Phi) is 2.41. The maximum Gasteiger partial charge on any atom is 0.157 e. The van der Waals surface area contributed by atoms with E-state index in [-0.39, 0.29) is 5.82 Å². The van der Waals surface area contributed by atoms with E-state index in [0.29, 0.717) is 27.1 Å². The number of benzene rings is 2. The number of nitriles is 1. The number of hydrogen-bond donors (Lipinski definition) is 0. The molecule has 3 nitrogen and oxygen atoms in total. The van der Waals surface area contributed by atoms with E-state index in [0.717, 1.165) is 11.0 Å². The number of fused-ring (bicyclic) bond motifs is 5. The largest absolute Gasteiger partial charge is 0.291 e. The van der Waals surface area contributed by atoms with Crippen molar-refractivity contribution in [1.29, 1.82) is 5.26 Å². The fourth-order valence-electron chi connectivity index (χ4n) is 2.64. The molecule has 0 saturated carbocycles. The van der Waals surface area contributed by atoms with Crippen molar-refractivity contribution in [2.24, 2.45) is 0 Å². The van der Waals surface area contributed by atoms with Gasteiger partial charge in [-0.3, -0.25) is 4.40 Å². The number of para-hydroxylation sites is 2. The van der Waals surface area contributed by atoms with Crippen LogP contribution in [0.4, 0.5) is 4.39 Å². The first-order valence-corrected chi connectivity index (χ1v) is 6.66. The second-order valence-electron chi connectivity index (χ2n) is 4.72. The molecule has 0 N–H and O–H groups in total. The minimum atomic E-state index is -0.359. The van der Waals surface area contributed by atoms with Crippen LogP contribution in [0.1, 0.15) is 5.56 Å². The van der Waals surface area contributed by atoms with Crippen LogP contribution < -0.4 is 0 Å². The molecule has 4 aromatic rings. The Bertz CT molecular complexity index is 1080. The monoisotopic (exact) mass is 295 g/mol. The summed E-state index contributed by atoms with van der Waals surface area (Å²) in [4.78, 5) is 4.46. The van der Waals surface area contributed by atoms with Gasteiger partial charge in [0.25, 0.3) is 0 Å². The molecule has 0 amide bonds. The lowest BCUT2D eigenvalue weighted by molar-refractivity contribution is 0.629. The van der Waals surface area contributed by atoms with Crippen molar-refractivity contribution in [3.05, 3.63) is 58.9 Å². The normalized spacial score (nSPS) is 11.3. The summed E-state index contributed by atoms with van der Waals surface area (Å²) in [5.74, 6) is -0.359. The SMILES string of the molecule is N#Cc1c(Cl)c2ccc(F)cc2n2c1nc1ccccc12. The third-order valence-electron chi connectivity index (χ3n) is 3.55. The van der Waals surface area contributed by atoms with Crippen LogP contribution in [0, 0.1) is 17.1 Å². The first-order valence-electron chi connectivity index (χ1n) is 6.28. The van der Waals surface area contributed by atoms with Gasteiger partial charge in [0, 0.05) is 5.39 Å². The number of imidazole rings is 1. The van der Waals surface area contributed by atoms with Crippen LogP contribution in [0.15, 0.2) is 42.5 Å². The highest BCUT2D eigenvalue weighted by molar-refractivity contribution is 6.37. The first-order chi connectivity index (χ1) is 10.2. The Hall–Kier alpha value is -2.64. The molecule has 0 fully saturated rings. The molecule has 21 heavy (non-hydrogen) atoms. The summed E-state index contributed by atoms with van der Waals surface area (Å²) in [7, 11) is 0. The van der Waals surface area contributed by atoms with Crippen molar-refractivity contribution in [2.45, 2.75) is 0 Å². The van der Waals surface area contributed by atoms with E-state index in [2.05, 4.69) is 11.1 Å². The van der Waals surface area contributed by atoms with E-state index in [1.54, 1.807) is 10.5 Å². The van der Waals surface area contributed by atoms with Crippen LogP contribution in [-0.2, 0) is 0 Å². The summed E-state index contributed by atoms with van der Waals surface area (Å²) in [6, 6.07) is 13.9. The lowest BCUT2D eigenvalue weighted by Gasteiger charge is -2.07. The number of rotatable bonds is 0. The lowest BCUT2D eigenvalue weighted by Crippen LogP contribution is -1.95. The zero-order valence-electron chi connectivity index (χ0n) is 10.6. The van der Waals surface area contributed by atoms with Crippen LogP contribution >= 0.6 is 11.6 Å². The number of halogens is 2. The van der Waals surface area contributed by atoms with E-state index in [4.69, 9.17) is 11.6 Å². The molecule has 2 aromatic carbocycles. The van der Waals surface area contributed by atoms with Crippen molar-refractivity contribution in [3.63, 3.8) is 0 Å². The predicted octanol–water partition coefficient (Wildman–Crippen LogP) is 4.30. The summed E-state index contributed by atoms with van der Waals surface area (Å²) in [5.41, 5.74) is 2.90. The highest BCUT2D eigenvalue weighted by atomic mass is 35.5. The maximum absolute atomic E-state index is 13.6. The maximum atomic E-state index is 13.6. The Labute approximate surface area is 123 Å². The molecule has 0 spiro atoms. The lowest BCUT2D eigenvalue weighted by atomic mass is 10.1. The molecule has 2 heterocycles. The fraction of sp³-hybridized carbons (Fsp3) is 0. The second kappa shape index (κ2) is 4.18. The van der Waals surface area contributed by atoms with Gasteiger partial charge in [-0.15, -0.1) is 0 Å². The van der Waals surface area contributed by atoms with Gasteiger partial charge in [0.15, 0.2) is 5.65 Å². The molecule has 0 aliphatic carbocycles. The Morgan fingerprint density at radius 3 is 2.76 bits per heavy atom. The van der Waals surface area contributed by atoms with Gasteiger partial charge >= 0.3 is 0 Å². The van der Waals surface area contributed by atoms with Crippen LogP contribution in [0.5, 0.6) is 0 Å². The Morgan fingerprint density at radius 2 is 1.95 bits per heavy atom. The van der Waals surface area contributed by atoms with E-state index in [1.165, 1.54) is 12.1 Å². The van der Waals surface area contributed by atoms with Gasteiger partial charge in [-0.25, -0.2) is 9.37 Å². The molecule has 5 heteroatoms. The van der Waals surface area contributed by atoms with Gasteiger partial charge in [0.1, 0.15) is 17.4 Å². The van der Waals surface area contributed by atoms with Gasteiger partial charge in [-0.05, 0) is 30.3 Å². The van der Waals surface area contributed by atoms with Gasteiger partial charge in [-0.1, -0.05) is 23.7 Å².